The van der Waals surface area contributed by atoms with E-state index in [9.17, 15) is 14.4 Å². The summed E-state index contributed by atoms with van der Waals surface area (Å²) in [5.41, 5.74) is 1.66. The molecule has 0 bridgehead atoms. The van der Waals surface area contributed by atoms with Crippen LogP contribution in [0.4, 0.5) is 0 Å². The molecule has 1 heterocycles. The molecule has 0 fully saturated rings. The first kappa shape index (κ1) is 19.8. The summed E-state index contributed by atoms with van der Waals surface area (Å²) < 4.78 is 14.2. The van der Waals surface area contributed by atoms with Gasteiger partial charge in [0.2, 0.25) is 0 Å². The third-order valence-corrected chi connectivity index (χ3v) is 4.87. The Hall–Kier alpha value is -2.55. The van der Waals surface area contributed by atoms with Crippen molar-refractivity contribution in [1.82, 2.24) is 9.97 Å². The van der Waals surface area contributed by atoms with E-state index >= 15 is 0 Å². The molecule has 1 N–H and O–H groups in total. The molecule has 1 aromatic heterocycles. The Morgan fingerprint density at radius 3 is 2.31 bits per heavy atom. The van der Waals surface area contributed by atoms with Crippen LogP contribution in [0.3, 0.4) is 0 Å². The summed E-state index contributed by atoms with van der Waals surface area (Å²) in [5.74, 6) is -3.59. The number of esters is 3. The molecular weight excluding hydrogens is 360 g/mol. The zero-order chi connectivity index (χ0) is 19.1. The summed E-state index contributed by atoms with van der Waals surface area (Å²) in [5, 5.41) is 0.599. The second-order valence-electron chi connectivity index (χ2n) is 5.41. The van der Waals surface area contributed by atoms with Crippen LogP contribution in [0.1, 0.15) is 6.42 Å². The molecule has 1 aromatic carbocycles. The van der Waals surface area contributed by atoms with Crippen LogP contribution in [0.15, 0.2) is 29.4 Å². The van der Waals surface area contributed by atoms with Crippen LogP contribution in [0, 0.1) is 11.8 Å². The first-order valence-electron chi connectivity index (χ1n) is 7.80. The number of fused-ring (bicyclic) bond motifs is 1. The normalized spacial score (nSPS) is 13.0. The number of benzene rings is 1. The van der Waals surface area contributed by atoms with E-state index in [1.807, 2.05) is 24.3 Å². The van der Waals surface area contributed by atoms with Crippen molar-refractivity contribution in [2.75, 3.05) is 27.1 Å². The van der Waals surface area contributed by atoms with Crippen molar-refractivity contribution in [2.45, 2.75) is 11.6 Å². The van der Waals surface area contributed by atoms with Gasteiger partial charge in [0.05, 0.1) is 50.6 Å². The lowest BCUT2D eigenvalue weighted by atomic mass is 9.91. The lowest BCUT2D eigenvalue weighted by Crippen LogP contribution is -2.35. The molecule has 9 heteroatoms. The number of nitrogens with zero attached hydrogens (tertiary/aromatic N) is 1. The number of imidazole rings is 1. The number of para-hydroxylation sites is 2. The van der Waals surface area contributed by atoms with E-state index in [1.165, 1.54) is 33.1 Å². The Balaban J connectivity index is 2.19. The van der Waals surface area contributed by atoms with E-state index in [2.05, 4.69) is 14.7 Å². The van der Waals surface area contributed by atoms with Crippen molar-refractivity contribution in [3.05, 3.63) is 24.3 Å². The fourth-order valence-corrected chi connectivity index (χ4v) is 3.52. The standard InChI is InChI=1S/C17H20N2O6S/c1-23-14(20)8-10(15(21)24-2)11(16(22)25-3)9-26-17-18-12-6-4-5-7-13(12)19-17/h4-7,10-11H,8-9H2,1-3H3,(H,18,19). The molecule has 0 saturated carbocycles. The van der Waals surface area contributed by atoms with Crippen LogP contribution in [0.25, 0.3) is 11.0 Å². The molecule has 2 aromatic rings. The lowest BCUT2D eigenvalue weighted by molar-refractivity contribution is -0.160. The van der Waals surface area contributed by atoms with Gasteiger partial charge in [-0.2, -0.15) is 0 Å². The second-order valence-corrected chi connectivity index (χ2v) is 6.42. The van der Waals surface area contributed by atoms with Crippen molar-refractivity contribution in [3.8, 4) is 0 Å². The maximum Gasteiger partial charge on any atom is 0.310 e. The monoisotopic (exact) mass is 380 g/mol. The smallest absolute Gasteiger partial charge is 0.310 e. The van der Waals surface area contributed by atoms with Crippen LogP contribution in [0.5, 0.6) is 0 Å². The van der Waals surface area contributed by atoms with E-state index in [4.69, 9.17) is 9.47 Å². The van der Waals surface area contributed by atoms with E-state index in [-0.39, 0.29) is 12.2 Å². The molecule has 0 amide bonds. The number of methoxy groups -OCH3 is 3. The van der Waals surface area contributed by atoms with Crippen LogP contribution >= 0.6 is 11.8 Å². The minimum atomic E-state index is -1.00. The van der Waals surface area contributed by atoms with Crippen LogP contribution in [-0.2, 0) is 28.6 Å². The number of rotatable bonds is 8. The zero-order valence-electron chi connectivity index (χ0n) is 14.7. The molecule has 26 heavy (non-hydrogen) atoms. The van der Waals surface area contributed by atoms with Gasteiger partial charge in [0.1, 0.15) is 0 Å². The fourth-order valence-electron chi connectivity index (χ4n) is 2.47. The third-order valence-electron chi connectivity index (χ3n) is 3.88. The van der Waals surface area contributed by atoms with E-state index < -0.39 is 29.7 Å². The Morgan fingerprint density at radius 1 is 1.04 bits per heavy atom. The highest BCUT2D eigenvalue weighted by molar-refractivity contribution is 7.99. The molecule has 2 rings (SSSR count). The number of hydrogen-bond donors (Lipinski definition) is 1. The number of aromatic nitrogens is 2. The Kier molecular flexibility index (Phi) is 7.02. The second kappa shape index (κ2) is 9.23. The van der Waals surface area contributed by atoms with Gasteiger partial charge in [0, 0.05) is 5.75 Å². The van der Waals surface area contributed by atoms with Crippen molar-refractivity contribution in [2.24, 2.45) is 11.8 Å². The van der Waals surface area contributed by atoms with Crippen molar-refractivity contribution in [3.63, 3.8) is 0 Å². The number of thioether (sulfide) groups is 1. The predicted octanol–water partition coefficient (Wildman–Crippen LogP) is 1.80. The number of carbonyl (C=O) groups excluding carboxylic acids is 3. The van der Waals surface area contributed by atoms with Gasteiger partial charge in [0.15, 0.2) is 5.16 Å². The highest BCUT2D eigenvalue weighted by atomic mass is 32.2. The summed E-state index contributed by atoms with van der Waals surface area (Å²) in [7, 11) is 3.65. The van der Waals surface area contributed by atoms with Gasteiger partial charge in [0.25, 0.3) is 0 Å². The van der Waals surface area contributed by atoms with Gasteiger partial charge in [-0.15, -0.1) is 0 Å². The average molecular weight is 380 g/mol. The minimum absolute atomic E-state index is 0.184. The minimum Gasteiger partial charge on any atom is -0.469 e. The Labute approximate surface area is 154 Å². The van der Waals surface area contributed by atoms with Crippen molar-refractivity contribution in [1.29, 1.82) is 0 Å². The lowest BCUT2D eigenvalue weighted by Gasteiger charge is -2.21. The molecule has 0 aliphatic rings. The summed E-state index contributed by atoms with van der Waals surface area (Å²) in [4.78, 5) is 43.5. The Morgan fingerprint density at radius 2 is 1.69 bits per heavy atom. The maximum atomic E-state index is 12.2. The molecule has 0 radical (unpaired) electrons. The molecule has 8 nitrogen and oxygen atoms in total. The fraction of sp³-hybridized carbons (Fsp3) is 0.412. The number of aromatic amines is 1. The van der Waals surface area contributed by atoms with Gasteiger partial charge in [-0.25, -0.2) is 4.98 Å². The topological polar surface area (TPSA) is 108 Å². The maximum absolute atomic E-state index is 12.2. The summed E-state index contributed by atoms with van der Waals surface area (Å²) >= 11 is 1.26. The Bertz CT molecular complexity index is 757. The van der Waals surface area contributed by atoms with E-state index in [1.54, 1.807) is 0 Å². The zero-order valence-corrected chi connectivity index (χ0v) is 15.5. The van der Waals surface area contributed by atoms with Crippen LogP contribution in [0.2, 0.25) is 0 Å². The number of H-pyrrole nitrogens is 1. The first-order chi connectivity index (χ1) is 12.5. The largest absolute Gasteiger partial charge is 0.469 e. The van der Waals surface area contributed by atoms with E-state index in [0.29, 0.717) is 5.16 Å². The van der Waals surface area contributed by atoms with Gasteiger partial charge >= 0.3 is 17.9 Å². The molecule has 2 unspecified atom stereocenters. The number of nitrogens with one attached hydrogen (secondary N) is 1. The van der Waals surface area contributed by atoms with Crippen LogP contribution < -0.4 is 0 Å². The summed E-state index contributed by atoms with van der Waals surface area (Å²) in [6, 6.07) is 7.51. The van der Waals surface area contributed by atoms with Gasteiger partial charge < -0.3 is 19.2 Å². The molecule has 0 saturated heterocycles. The highest BCUT2D eigenvalue weighted by Crippen LogP contribution is 2.28. The van der Waals surface area contributed by atoms with Crippen molar-refractivity contribution < 1.29 is 28.6 Å². The van der Waals surface area contributed by atoms with Crippen molar-refractivity contribution >= 4 is 40.7 Å². The molecule has 0 aliphatic heterocycles. The number of hydrogen-bond acceptors (Lipinski definition) is 8. The summed E-state index contributed by atoms with van der Waals surface area (Å²) in [6.07, 6.45) is -0.274. The quantitative estimate of drug-likeness (QED) is 0.420. The predicted molar refractivity (Wildman–Crippen MR) is 94.5 cm³/mol. The van der Waals surface area contributed by atoms with Gasteiger partial charge in [-0.1, -0.05) is 23.9 Å². The first-order valence-corrected chi connectivity index (χ1v) is 8.78. The molecular formula is C17H20N2O6S. The molecule has 140 valence electrons. The van der Waals surface area contributed by atoms with E-state index in [0.717, 1.165) is 11.0 Å². The SMILES string of the molecule is COC(=O)CC(C(=O)OC)C(CSc1nc2ccccc2[nH]1)C(=O)OC. The number of ether oxygens (including phenoxy) is 3. The van der Waals surface area contributed by atoms with Gasteiger partial charge in [-0.05, 0) is 12.1 Å². The molecule has 0 spiro atoms. The summed E-state index contributed by atoms with van der Waals surface area (Å²) in [6.45, 7) is 0. The third kappa shape index (κ3) is 4.75. The van der Waals surface area contributed by atoms with Gasteiger partial charge in [-0.3, -0.25) is 14.4 Å². The van der Waals surface area contributed by atoms with Crippen LogP contribution in [-0.4, -0.2) is 55.0 Å². The molecule has 2 atom stereocenters. The number of carbonyl (C=O) groups is 3. The average Bonchev–Trinajstić information content (AvgIpc) is 3.08. The molecule has 0 aliphatic carbocycles. The highest BCUT2D eigenvalue weighted by Gasteiger charge is 2.37.